The lowest BCUT2D eigenvalue weighted by Crippen LogP contribution is -2.20. The predicted molar refractivity (Wildman–Crippen MR) is 59.3 cm³/mol. The molecule has 1 aromatic heterocycles. The first-order chi connectivity index (χ1) is 7.68. The third-order valence-corrected chi connectivity index (χ3v) is 3.89. The molecule has 0 bridgehead atoms. The second-order valence-corrected chi connectivity index (χ2v) is 5.17. The summed E-state index contributed by atoms with van der Waals surface area (Å²) in [7, 11) is 0. The van der Waals surface area contributed by atoms with E-state index in [1.807, 2.05) is 11.8 Å². The van der Waals surface area contributed by atoms with Gasteiger partial charge in [-0.2, -0.15) is 11.8 Å². The van der Waals surface area contributed by atoms with E-state index in [9.17, 15) is 4.79 Å². The van der Waals surface area contributed by atoms with Gasteiger partial charge in [0.15, 0.2) is 5.82 Å². The Morgan fingerprint density at radius 2 is 2.56 bits per heavy atom. The van der Waals surface area contributed by atoms with Crippen LogP contribution in [-0.2, 0) is 11.3 Å². The average molecular weight is 242 g/mol. The minimum absolute atomic E-state index is 0.346. The molecule has 2 rings (SSSR count). The molecule has 1 aliphatic rings. The molecule has 16 heavy (non-hydrogen) atoms. The molecule has 0 aliphatic carbocycles. The first-order valence-corrected chi connectivity index (χ1v) is 6.40. The van der Waals surface area contributed by atoms with Crippen molar-refractivity contribution in [3.8, 4) is 0 Å². The molecule has 0 amide bonds. The van der Waals surface area contributed by atoms with Gasteiger partial charge in [-0.05, 0) is 22.6 Å². The first-order valence-electron chi connectivity index (χ1n) is 5.25. The molecule has 1 saturated heterocycles. The van der Waals surface area contributed by atoms with E-state index in [0.717, 1.165) is 23.8 Å². The first kappa shape index (κ1) is 11.4. The fourth-order valence-corrected chi connectivity index (χ4v) is 2.93. The average Bonchev–Trinajstić information content (AvgIpc) is 2.85. The van der Waals surface area contributed by atoms with Crippen molar-refractivity contribution in [1.82, 2.24) is 20.2 Å². The molecule has 1 aromatic rings. The monoisotopic (exact) mass is 242 g/mol. The minimum Gasteiger partial charge on any atom is -0.481 e. The Labute approximate surface area is 97.4 Å². The Bertz CT molecular complexity index is 375. The summed E-state index contributed by atoms with van der Waals surface area (Å²) in [5.74, 6) is 2.09. The van der Waals surface area contributed by atoms with Gasteiger partial charge >= 0.3 is 5.97 Å². The highest BCUT2D eigenvalue weighted by molar-refractivity contribution is 7.99. The lowest BCUT2D eigenvalue weighted by Gasteiger charge is -2.10. The van der Waals surface area contributed by atoms with Crippen LogP contribution < -0.4 is 0 Å². The summed E-state index contributed by atoms with van der Waals surface area (Å²) in [6.07, 6.45) is 1.08. The van der Waals surface area contributed by atoms with E-state index in [1.165, 1.54) is 0 Å². The highest BCUT2D eigenvalue weighted by atomic mass is 32.2. The quantitative estimate of drug-likeness (QED) is 0.833. The third kappa shape index (κ3) is 2.34. The molecule has 6 nitrogen and oxygen atoms in total. The summed E-state index contributed by atoms with van der Waals surface area (Å²) in [5.41, 5.74) is 0. The van der Waals surface area contributed by atoms with Crippen LogP contribution >= 0.6 is 11.8 Å². The molecule has 7 heteroatoms. The van der Waals surface area contributed by atoms with E-state index in [1.54, 1.807) is 11.6 Å². The van der Waals surface area contributed by atoms with Crippen molar-refractivity contribution in [2.45, 2.75) is 25.8 Å². The number of aromatic nitrogens is 4. The maximum absolute atomic E-state index is 10.8. The van der Waals surface area contributed by atoms with Crippen LogP contribution in [-0.4, -0.2) is 42.8 Å². The smallest absolute Gasteiger partial charge is 0.308 e. The van der Waals surface area contributed by atoms with Crippen LogP contribution in [0.3, 0.4) is 0 Å². The van der Waals surface area contributed by atoms with E-state index >= 15 is 0 Å². The lowest BCUT2D eigenvalue weighted by atomic mass is 10.1. The molecule has 1 N–H and O–H groups in total. The summed E-state index contributed by atoms with van der Waals surface area (Å²) in [6.45, 7) is 2.01. The van der Waals surface area contributed by atoms with Crippen LogP contribution in [0.5, 0.6) is 0 Å². The molecule has 88 valence electrons. The molecular formula is C9H14N4O2S. The van der Waals surface area contributed by atoms with Crippen LogP contribution in [0.1, 0.15) is 25.1 Å². The Kier molecular flexibility index (Phi) is 3.42. The zero-order valence-electron chi connectivity index (χ0n) is 9.04. The molecule has 0 spiro atoms. The molecule has 2 heterocycles. The summed E-state index contributed by atoms with van der Waals surface area (Å²) >= 11 is 1.89. The molecule has 0 radical (unpaired) electrons. The van der Waals surface area contributed by atoms with Crippen molar-refractivity contribution in [3.63, 3.8) is 0 Å². The van der Waals surface area contributed by atoms with E-state index < -0.39 is 11.9 Å². The Morgan fingerprint density at radius 1 is 1.75 bits per heavy atom. The molecular weight excluding hydrogens is 228 g/mol. The Balaban J connectivity index is 2.09. The Morgan fingerprint density at radius 3 is 3.19 bits per heavy atom. The van der Waals surface area contributed by atoms with E-state index in [0.29, 0.717) is 12.5 Å². The number of hydrogen-bond acceptors (Lipinski definition) is 5. The zero-order chi connectivity index (χ0) is 11.5. The molecule has 0 saturated carbocycles. The second-order valence-electron chi connectivity index (χ2n) is 4.02. The van der Waals surface area contributed by atoms with Gasteiger partial charge in [-0.1, -0.05) is 6.92 Å². The highest BCUT2D eigenvalue weighted by Crippen LogP contribution is 2.30. The van der Waals surface area contributed by atoms with Crippen molar-refractivity contribution in [3.05, 3.63) is 5.82 Å². The Hall–Kier alpha value is -1.11. The summed E-state index contributed by atoms with van der Waals surface area (Å²) in [4.78, 5) is 10.8. The van der Waals surface area contributed by atoms with Crippen LogP contribution in [0.15, 0.2) is 0 Å². The second kappa shape index (κ2) is 4.82. The highest BCUT2D eigenvalue weighted by Gasteiger charge is 2.25. The van der Waals surface area contributed by atoms with Gasteiger partial charge in [0.1, 0.15) is 0 Å². The maximum Gasteiger partial charge on any atom is 0.308 e. The van der Waals surface area contributed by atoms with E-state index in [4.69, 9.17) is 5.11 Å². The molecule has 1 aliphatic heterocycles. The molecule has 1 fully saturated rings. The van der Waals surface area contributed by atoms with E-state index in [-0.39, 0.29) is 0 Å². The summed E-state index contributed by atoms with van der Waals surface area (Å²) < 4.78 is 1.63. The summed E-state index contributed by atoms with van der Waals surface area (Å²) in [6, 6.07) is 0. The molecule has 2 unspecified atom stereocenters. The largest absolute Gasteiger partial charge is 0.481 e. The standard InChI is InChI=1S/C9H14N4O2S/c1-6(9(14)15)4-13-8(10-11-12-13)7-2-3-16-5-7/h6-7H,2-5H2,1H3,(H,14,15). The van der Waals surface area contributed by atoms with Gasteiger partial charge in [0.05, 0.1) is 12.5 Å². The maximum atomic E-state index is 10.8. The van der Waals surface area contributed by atoms with Crippen LogP contribution in [0.2, 0.25) is 0 Å². The van der Waals surface area contributed by atoms with Gasteiger partial charge in [0, 0.05) is 11.7 Å². The van der Waals surface area contributed by atoms with Crippen LogP contribution in [0.25, 0.3) is 0 Å². The third-order valence-electron chi connectivity index (χ3n) is 2.72. The topological polar surface area (TPSA) is 80.9 Å². The van der Waals surface area contributed by atoms with Crippen molar-refractivity contribution < 1.29 is 9.90 Å². The number of rotatable bonds is 4. The normalized spacial score (nSPS) is 22.2. The zero-order valence-corrected chi connectivity index (χ0v) is 9.85. The number of nitrogens with zero attached hydrogens (tertiary/aromatic N) is 4. The van der Waals surface area contributed by atoms with Crippen LogP contribution in [0, 0.1) is 5.92 Å². The van der Waals surface area contributed by atoms with Crippen molar-refractivity contribution in [1.29, 1.82) is 0 Å². The number of carbonyl (C=O) groups is 1. The van der Waals surface area contributed by atoms with Crippen LogP contribution in [0.4, 0.5) is 0 Å². The predicted octanol–water partition coefficient (Wildman–Crippen LogP) is 0.614. The van der Waals surface area contributed by atoms with Crippen molar-refractivity contribution in [2.24, 2.45) is 5.92 Å². The van der Waals surface area contributed by atoms with Gasteiger partial charge in [0.25, 0.3) is 0 Å². The molecule has 2 atom stereocenters. The summed E-state index contributed by atoms with van der Waals surface area (Å²) in [5, 5.41) is 20.4. The van der Waals surface area contributed by atoms with Crippen molar-refractivity contribution in [2.75, 3.05) is 11.5 Å². The van der Waals surface area contributed by atoms with Gasteiger partial charge in [-0.15, -0.1) is 5.10 Å². The lowest BCUT2D eigenvalue weighted by molar-refractivity contribution is -0.141. The van der Waals surface area contributed by atoms with Gasteiger partial charge in [-0.3, -0.25) is 4.79 Å². The minimum atomic E-state index is -0.817. The number of thioether (sulfide) groups is 1. The van der Waals surface area contributed by atoms with Gasteiger partial charge in [-0.25, -0.2) is 4.68 Å². The fraction of sp³-hybridized carbons (Fsp3) is 0.778. The number of carboxylic acids is 1. The SMILES string of the molecule is CC(Cn1nnnc1C1CCSC1)C(=O)O. The number of tetrazole rings is 1. The van der Waals surface area contributed by atoms with Crippen molar-refractivity contribution >= 4 is 17.7 Å². The number of hydrogen-bond donors (Lipinski definition) is 1. The molecule has 0 aromatic carbocycles. The number of aliphatic carboxylic acids is 1. The van der Waals surface area contributed by atoms with Gasteiger partial charge in [0.2, 0.25) is 0 Å². The number of carboxylic acid groups (broad SMARTS) is 1. The van der Waals surface area contributed by atoms with E-state index in [2.05, 4.69) is 15.5 Å². The van der Waals surface area contributed by atoms with Gasteiger partial charge < -0.3 is 5.11 Å². The fourth-order valence-electron chi connectivity index (χ4n) is 1.71.